The number of carboxylic acid groups (broad SMARTS) is 2. The molecule has 4 atom stereocenters. The maximum Gasteiger partial charge on any atom is 0.326 e. The molecular formula is C18H30N4O8. The molecule has 12 nitrogen and oxygen atoms in total. The lowest BCUT2D eigenvalue weighted by Crippen LogP contribution is -2.59. The molecule has 1 heterocycles. The van der Waals surface area contributed by atoms with Crippen LogP contribution in [0.4, 0.5) is 0 Å². The van der Waals surface area contributed by atoms with Crippen molar-refractivity contribution >= 4 is 29.7 Å². The molecule has 7 N–H and O–H groups in total. The van der Waals surface area contributed by atoms with Crippen LogP contribution in [-0.2, 0) is 24.0 Å². The van der Waals surface area contributed by atoms with E-state index in [9.17, 15) is 29.1 Å². The second-order valence-electron chi connectivity index (χ2n) is 7.45. The van der Waals surface area contributed by atoms with Gasteiger partial charge in [0, 0.05) is 6.42 Å². The molecule has 0 bridgehead atoms. The number of hydrogen-bond acceptors (Lipinski definition) is 7. The molecular weight excluding hydrogens is 400 g/mol. The number of carbonyl (C=O) groups excluding carboxylic acids is 3. The van der Waals surface area contributed by atoms with E-state index in [4.69, 9.17) is 10.2 Å². The SMILES string of the molecule is CC(C)C(NC(=O)C1CCCN1)C(=O)NC(CO)C(=O)NC(CCC(=O)O)C(=O)O. The van der Waals surface area contributed by atoms with Crippen molar-refractivity contribution in [1.82, 2.24) is 21.3 Å². The van der Waals surface area contributed by atoms with Gasteiger partial charge < -0.3 is 36.6 Å². The summed E-state index contributed by atoms with van der Waals surface area (Å²) in [6.45, 7) is 3.29. The molecule has 3 amide bonds. The van der Waals surface area contributed by atoms with E-state index in [-0.39, 0.29) is 18.2 Å². The number of aliphatic hydroxyl groups excluding tert-OH is 1. The molecule has 0 aliphatic carbocycles. The fourth-order valence-electron chi connectivity index (χ4n) is 2.95. The van der Waals surface area contributed by atoms with Crippen molar-refractivity contribution in [3.8, 4) is 0 Å². The molecule has 1 fully saturated rings. The lowest BCUT2D eigenvalue weighted by molar-refractivity contribution is -0.143. The maximum absolute atomic E-state index is 12.6. The summed E-state index contributed by atoms with van der Waals surface area (Å²) in [5.41, 5.74) is 0. The third-order valence-corrected chi connectivity index (χ3v) is 4.70. The molecule has 4 unspecified atom stereocenters. The van der Waals surface area contributed by atoms with Crippen molar-refractivity contribution in [3.05, 3.63) is 0 Å². The van der Waals surface area contributed by atoms with Crippen molar-refractivity contribution in [2.45, 2.75) is 63.7 Å². The van der Waals surface area contributed by atoms with E-state index in [0.717, 1.165) is 6.42 Å². The first-order valence-electron chi connectivity index (χ1n) is 9.76. The largest absolute Gasteiger partial charge is 0.481 e. The highest BCUT2D eigenvalue weighted by molar-refractivity contribution is 5.94. The molecule has 1 saturated heterocycles. The Balaban J connectivity index is 2.74. The zero-order valence-corrected chi connectivity index (χ0v) is 17.0. The number of hydrogen-bond donors (Lipinski definition) is 7. The smallest absolute Gasteiger partial charge is 0.326 e. The third kappa shape index (κ3) is 7.95. The van der Waals surface area contributed by atoms with Crippen LogP contribution in [0.1, 0.15) is 39.5 Å². The Morgan fingerprint density at radius 1 is 1.00 bits per heavy atom. The first kappa shape index (κ1) is 25.3. The average Bonchev–Trinajstić information content (AvgIpc) is 3.21. The van der Waals surface area contributed by atoms with Gasteiger partial charge >= 0.3 is 11.9 Å². The highest BCUT2D eigenvalue weighted by atomic mass is 16.4. The molecule has 1 aliphatic rings. The summed E-state index contributed by atoms with van der Waals surface area (Å²) in [6, 6.07) is -4.33. The highest BCUT2D eigenvalue weighted by Gasteiger charge is 2.32. The van der Waals surface area contributed by atoms with E-state index in [1.165, 1.54) is 0 Å². The lowest BCUT2D eigenvalue weighted by Gasteiger charge is -2.26. The molecule has 1 rings (SSSR count). The fourth-order valence-corrected chi connectivity index (χ4v) is 2.95. The minimum absolute atomic E-state index is 0.319. The molecule has 30 heavy (non-hydrogen) atoms. The Kier molecular flexibility index (Phi) is 10.2. The summed E-state index contributed by atoms with van der Waals surface area (Å²) in [5.74, 6) is -5.01. The van der Waals surface area contributed by atoms with Crippen LogP contribution in [0.2, 0.25) is 0 Å². The van der Waals surface area contributed by atoms with Gasteiger partial charge in [-0.3, -0.25) is 19.2 Å². The minimum Gasteiger partial charge on any atom is -0.481 e. The first-order chi connectivity index (χ1) is 14.1. The quantitative estimate of drug-likeness (QED) is 0.180. The second-order valence-corrected chi connectivity index (χ2v) is 7.45. The molecule has 0 radical (unpaired) electrons. The Hall–Kier alpha value is -2.73. The van der Waals surface area contributed by atoms with Gasteiger partial charge in [0.2, 0.25) is 17.7 Å². The zero-order chi connectivity index (χ0) is 22.8. The van der Waals surface area contributed by atoms with Crippen LogP contribution in [0.3, 0.4) is 0 Å². The van der Waals surface area contributed by atoms with Crippen LogP contribution in [0.5, 0.6) is 0 Å². The van der Waals surface area contributed by atoms with Gasteiger partial charge in [0.1, 0.15) is 18.1 Å². The van der Waals surface area contributed by atoms with Crippen molar-refractivity contribution in [3.63, 3.8) is 0 Å². The molecule has 0 aromatic heterocycles. The van der Waals surface area contributed by atoms with E-state index >= 15 is 0 Å². The van der Waals surface area contributed by atoms with E-state index in [0.29, 0.717) is 13.0 Å². The predicted molar refractivity (Wildman–Crippen MR) is 103 cm³/mol. The molecule has 0 spiro atoms. The van der Waals surface area contributed by atoms with Gasteiger partial charge in [-0.1, -0.05) is 13.8 Å². The van der Waals surface area contributed by atoms with Gasteiger partial charge in [0.05, 0.1) is 12.6 Å². The third-order valence-electron chi connectivity index (χ3n) is 4.70. The number of amides is 3. The number of carbonyl (C=O) groups is 5. The van der Waals surface area contributed by atoms with E-state index in [1.807, 2.05) is 0 Å². The number of rotatable bonds is 12. The van der Waals surface area contributed by atoms with Crippen molar-refractivity contribution in [2.24, 2.45) is 5.92 Å². The minimum atomic E-state index is -1.49. The molecule has 12 heteroatoms. The van der Waals surface area contributed by atoms with Crippen molar-refractivity contribution in [2.75, 3.05) is 13.2 Å². The van der Waals surface area contributed by atoms with E-state index in [1.54, 1.807) is 13.8 Å². The number of carboxylic acids is 2. The van der Waals surface area contributed by atoms with Gasteiger partial charge in [0.15, 0.2) is 0 Å². The monoisotopic (exact) mass is 430 g/mol. The van der Waals surface area contributed by atoms with Crippen LogP contribution in [0.15, 0.2) is 0 Å². The zero-order valence-electron chi connectivity index (χ0n) is 17.0. The molecule has 1 aliphatic heterocycles. The summed E-state index contributed by atoms with van der Waals surface area (Å²) in [5, 5.41) is 37.3. The highest BCUT2D eigenvalue weighted by Crippen LogP contribution is 2.08. The van der Waals surface area contributed by atoms with Gasteiger partial charge in [0.25, 0.3) is 0 Å². The summed E-state index contributed by atoms with van der Waals surface area (Å²) in [7, 11) is 0. The summed E-state index contributed by atoms with van der Waals surface area (Å²) < 4.78 is 0. The normalized spacial score (nSPS) is 18.9. The van der Waals surface area contributed by atoms with Crippen LogP contribution in [0, 0.1) is 5.92 Å². The molecule has 0 aromatic carbocycles. The summed E-state index contributed by atoms with van der Waals surface area (Å²) in [4.78, 5) is 59.1. The molecule has 0 aromatic rings. The van der Waals surface area contributed by atoms with E-state index in [2.05, 4.69) is 21.3 Å². The van der Waals surface area contributed by atoms with Crippen LogP contribution >= 0.6 is 0 Å². The first-order valence-corrected chi connectivity index (χ1v) is 9.76. The number of aliphatic hydroxyl groups is 1. The van der Waals surface area contributed by atoms with Gasteiger partial charge in [-0.2, -0.15) is 0 Å². The molecule has 170 valence electrons. The Morgan fingerprint density at radius 3 is 2.10 bits per heavy atom. The summed E-state index contributed by atoms with van der Waals surface area (Å²) in [6.07, 6.45) is 0.647. The van der Waals surface area contributed by atoms with Crippen molar-refractivity contribution < 1.29 is 39.3 Å². The van der Waals surface area contributed by atoms with Crippen LogP contribution in [0.25, 0.3) is 0 Å². The molecule has 0 saturated carbocycles. The van der Waals surface area contributed by atoms with E-state index < -0.39 is 60.9 Å². The Labute approximate surface area is 173 Å². The van der Waals surface area contributed by atoms with Crippen LogP contribution < -0.4 is 21.3 Å². The van der Waals surface area contributed by atoms with Gasteiger partial charge in [-0.15, -0.1) is 0 Å². The van der Waals surface area contributed by atoms with Crippen molar-refractivity contribution in [1.29, 1.82) is 0 Å². The standard InChI is InChI=1S/C18H30N4O8/c1-9(2)14(22-15(26)10-4-3-7-19-10)17(28)21-12(8-23)16(27)20-11(18(29)30)5-6-13(24)25/h9-12,14,19,23H,3-8H2,1-2H3,(H,20,27)(H,21,28)(H,22,26)(H,24,25)(H,29,30). The Bertz CT molecular complexity index is 648. The Morgan fingerprint density at radius 2 is 1.63 bits per heavy atom. The number of nitrogens with one attached hydrogen (secondary N) is 4. The van der Waals surface area contributed by atoms with Crippen LogP contribution in [-0.4, -0.2) is 82.3 Å². The maximum atomic E-state index is 12.6. The number of aliphatic carboxylic acids is 2. The van der Waals surface area contributed by atoms with Gasteiger partial charge in [-0.25, -0.2) is 4.79 Å². The fraction of sp³-hybridized carbons (Fsp3) is 0.722. The van der Waals surface area contributed by atoms with Gasteiger partial charge in [-0.05, 0) is 31.7 Å². The second kappa shape index (κ2) is 12.1. The lowest BCUT2D eigenvalue weighted by atomic mass is 10.0. The topological polar surface area (TPSA) is 194 Å². The predicted octanol–water partition coefficient (Wildman–Crippen LogP) is -2.21. The summed E-state index contributed by atoms with van der Waals surface area (Å²) >= 11 is 0. The average molecular weight is 430 g/mol.